The molecule has 5 nitrogen and oxygen atoms in total. The van der Waals surface area contributed by atoms with Crippen LogP contribution in [0.2, 0.25) is 0 Å². The van der Waals surface area contributed by atoms with Crippen molar-refractivity contribution in [2.75, 3.05) is 24.6 Å². The first-order valence-corrected chi connectivity index (χ1v) is 11.7. The molecule has 0 saturated carbocycles. The molecule has 1 aliphatic heterocycles. The second-order valence-electron chi connectivity index (χ2n) is 8.91. The molecule has 5 heteroatoms. The minimum Gasteiger partial charge on any atom is -0.465 e. The average Bonchev–Trinajstić information content (AvgIpc) is 3.20. The minimum absolute atomic E-state index is 0.106. The largest absolute Gasteiger partial charge is 0.465 e. The molecular formula is C28H28N2O3. The summed E-state index contributed by atoms with van der Waals surface area (Å²) in [5, 5.41) is 0. The number of carbonyl (C=O) groups excluding carboxylic acids is 2. The molecule has 2 heterocycles. The number of pyridine rings is 1. The van der Waals surface area contributed by atoms with E-state index in [9.17, 15) is 9.59 Å². The van der Waals surface area contributed by atoms with E-state index in [2.05, 4.69) is 58.4 Å². The molecule has 0 radical (unpaired) electrons. The number of carbonyl (C=O) groups is 2. The highest BCUT2D eigenvalue weighted by atomic mass is 16.5. The molecule has 0 N–H and O–H groups in total. The Morgan fingerprint density at radius 1 is 0.970 bits per heavy atom. The number of benzene rings is 2. The van der Waals surface area contributed by atoms with Crippen LogP contribution in [0.4, 0.5) is 5.82 Å². The second-order valence-corrected chi connectivity index (χ2v) is 8.91. The van der Waals surface area contributed by atoms with Crippen molar-refractivity contribution in [1.82, 2.24) is 4.98 Å². The summed E-state index contributed by atoms with van der Waals surface area (Å²) in [6.07, 6.45) is 5.87. The van der Waals surface area contributed by atoms with Gasteiger partial charge >= 0.3 is 5.97 Å². The second kappa shape index (κ2) is 9.57. The molecule has 1 saturated heterocycles. The molecule has 0 spiro atoms. The number of fused-ring (bicyclic) bond motifs is 3. The van der Waals surface area contributed by atoms with Crippen LogP contribution in [-0.2, 0) is 9.53 Å². The van der Waals surface area contributed by atoms with Gasteiger partial charge in [-0.05, 0) is 59.6 Å². The first-order chi connectivity index (χ1) is 16.2. The standard InChI is InChI=1S/C28H28N2O3/c31-18-21-6-5-15-29-28(21)30-16-13-20(14-17-30)11-12-27(32)33-19-26-24-9-3-1-7-22(24)23-8-2-4-10-25(23)26/h1-10,15,18,20,26H,11-14,16-17,19H2. The molecule has 1 aliphatic carbocycles. The maximum atomic E-state index is 12.6. The van der Waals surface area contributed by atoms with E-state index in [-0.39, 0.29) is 11.9 Å². The fourth-order valence-corrected chi connectivity index (χ4v) is 5.21. The number of hydrogen-bond donors (Lipinski definition) is 0. The molecule has 0 atom stereocenters. The van der Waals surface area contributed by atoms with Gasteiger partial charge in [-0.15, -0.1) is 0 Å². The Labute approximate surface area is 194 Å². The molecule has 5 rings (SSSR count). The monoisotopic (exact) mass is 440 g/mol. The van der Waals surface area contributed by atoms with Crippen LogP contribution >= 0.6 is 0 Å². The van der Waals surface area contributed by atoms with Crippen LogP contribution in [0.15, 0.2) is 66.9 Å². The van der Waals surface area contributed by atoms with E-state index >= 15 is 0 Å². The number of piperidine rings is 1. The summed E-state index contributed by atoms with van der Waals surface area (Å²) in [6.45, 7) is 2.10. The van der Waals surface area contributed by atoms with Crippen molar-refractivity contribution in [3.05, 3.63) is 83.6 Å². The maximum absolute atomic E-state index is 12.6. The van der Waals surface area contributed by atoms with Crippen LogP contribution in [0.25, 0.3) is 11.1 Å². The highest BCUT2D eigenvalue weighted by Crippen LogP contribution is 2.44. The lowest BCUT2D eigenvalue weighted by molar-refractivity contribution is -0.144. The average molecular weight is 441 g/mol. The van der Waals surface area contributed by atoms with Gasteiger partial charge in [-0.1, -0.05) is 48.5 Å². The zero-order valence-corrected chi connectivity index (χ0v) is 18.7. The molecule has 33 heavy (non-hydrogen) atoms. The first-order valence-electron chi connectivity index (χ1n) is 11.7. The third-order valence-corrected chi connectivity index (χ3v) is 6.99. The molecule has 2 aliphatic rings. The zero-order chi connectivity index (χ0) is 22.6. The summed E-state index contributed by atoms with van der Waals surface area (Å²) in [7, 11) is 0. The van der Waals surface area contributed by atoms with Gasteiger partial charge in [-0.25, -0.2) is 4.98 Å². The van der Waals surface area contributed by atoms with Gasteiger partial charge in [-0.3, -0.25) is 9.59 Å². The van der Waals surface area contributed by atoms with Gasteiger partial charge in [0.25, 0.3) is 0 Å². The van der Waals surface area contributed by atoms with Crippen molar-refractivity contribution in [1.29, 1.82) is 0 Å². The Morgan fingerprint density at radius 3 is 2.30 bits per heavy atom. The van der Waals surface area contributed by atoms with Crippen molar-refractivity contribution in [3.8, 4) is 11.1 Å². The van der Waals surface area contributed by atoms with E-state index in [1.165, 1.54) is 22.3 Å². The molecule has 0 unspecified atom stereocenters. The van der Waals surface area contributed by atoms with E-state index < -0.39 is 0 Å². The van der Waals surface area contributed by atoms with Crippen molar-refractivity contribution in [2.24, 2.45) is 5.92 Å². The predicted octanol–water partition coefficient (Wildman–Crippen LogP) is 5.25. The van der Waals surface area contributed by atoms with Crippen LogP contribution in [0.3, 0.4) is 0 Å². The zero-order valence-electron chi connectivity index (χ0n) is 18.7. The van der Waals surface area contributed by atoms with Gasteiger partial charge in [0.1, 0.15) is 12.4 Å². The summed E-state index contributed by atoms with van der Waals surface area (Å²) >= 11 is 0. The van der Waals surface area contributed by atoms with Crippen molar-refractivity contribution in [2.45, 2.75) is 31.6 Å². The van der Waals surface area contributed by atoms with Crippen LogP contribution in [-0.4, -0.2) is 36.9 Å². The van der Waals surface area contributed by atoms with Crippen LogP contribution in [0.5, 0.6) is 0 Å². The summed E-state index contributed by atoms with van der Waals surface area (Å²) in [4.78, 5) is 30.4. The fraction of sp³-hybridized carbons (Fsp3) is 0.321. The lowest BCUT2D eigenvalue weighted by atomic mass is 9.92. The van der Waals surface area contributed by atoms with Gasteiger partial charge in [0.05, 0.1) is 5.56 Å². The Bertz CT molecular complexity index is 1110. The molecule has 3 aromatic rings. The van der Waals surface area contributed by atoms with Gasteiger partial charge in [0, 0.05) is 31.6 Å². The van der Waals surface area contributed by atoms with Crippen molar-refractivity contribution in [3.63, 3.8) is 0 Å². The highest BCUT2D eigenvalue weighted by molar-refractivity contribution is 5.82. The molecule has 0 bridgehead atoms. The van der Waals surface area contributed by atoms with Gasteiger partial charge in [-0.2, -0.15) is 0 Å². The number of hydrogen-bond acceptors (Lipinski definition) is 5. The minimum atomic E-state index is -0.118. The Balaban J connectivity index is 1.12. The van der Waals surface area contributed by atoms with Crippen LogP contribution in [0.1, 0.15) is 53.1 Å². The first kappa shape index (κ1) is 21.4. The summed E-state index contributed by atoms with van der Waals surface area (Å²) in [6, 6.07) is 20.4. The topological polar surface area (TPSA) is 59.5 Å². The lowest BCUT2D eigenvalue weighted by Gasteiger charge is -2.33. The number of anilines is 1. The SMILES string of the molecule is O=Cc1cccnc1N1CCC(CCC(=O)OCC2c3ccccc3-c3ccccc32)CC1. The lowest BCUT2D eigenvalue weighted by Crippen LogP contribution is -2.35. The van der Waals surface area contributed by atoms with Crippen molar-refractivity contribution < 1.29 is 14.3 Å². The molecular weight excluding hydrogens is 412 g/mol. The molecule has 1 aromatic heterocycles. The number of esters is 1. The third-order valence-electron chi connectivity index (χ3n) is 6.99. The highest BCUT2D eigenvalue weighted by Gasteiger charge is 2.29. The fourth-order valence-electron chi connectivity index (χ4n) is 5.21. The number of aldehydes is 1. The summed E-state index contributed by atoms with van der Waals surface area (Å²) in [5.74, 6) is 1.25. The van der Waals surface area contributed by atoms with Gasteiger partial charge < -0.3 is 9.64 Å². The van der Waals surface area contributed by atoms with E-state index in [0.717, 1.165) is 44.5 Å². The number of ether oxygens (including phenoxy) is 1. The Kier molecular flexibility index (Phi) is 6.20. The summed E-state index contributed by atoms with van der Waals surface area (Å²) in [5.41, 5.74) is 5.60. The molecule has 168 valence electrons. The van der Waals surface area contributed by atoms with Gasteiger partial charge in [0.2, 0.25) is 0 Å². The number of nitrogens with zero attached hydrogens (tertiary/aromatic N) is 2. The maximum Gasteiger partial charge on any atom is 0.305 e. The van der Waals surface area contributed by atoms with Crippen molar-refractivity contribution >= 4 is 18.1 Å². The summed E-state index contributed by atoms with van der Waals surface area (Å²) < 4.78 is 5.75. The Hall–Kier alpha value is -3.47. The van der Waals surface area contributed by atoms with Crippen LogP contribution < -0.4 is 4.90 Å². The third kappa shape index (κ3) is 4.40. The number of rotatable bonds is 7. The van der Waals surface area contributed by atoms with E-state index in [1.807, 2.05) is 0 Å². The smallest absolute Gasteiger partial charge is 0.305 e. The van der Waals surface area contributed by atoms with Crippen LogP contribution in [0, 0.1) is 5.92 Å². The predicted molar refractivity (Wildman–Crippen MR) is 128 cm³/mol. The quantitative estimate of drug-likeness (QED) is 0.371. The number of aromatic nitrogens is 1. The Morgan fingerprint density at radius 2 is 1.64 bits per heavy atom. The normalized spacial score (nSPS) is 15.7. The van der Waals surface area contributed by atoms with E-state index in [1.54, 1.807) is 18.3 Å². The van der Waals surface area contributed by atoms with E-state index in [0.29, 0.717) is 24.5 Å². The van der Waals surface area contributed by atoms with Gasteiger partial charge in [0.15, 0.2) is 6.29 Å². The van der Waals surface area contributed by atoms with E-state index in [4.69, 9.17) is 4.74 Å². The molecule has 2 aromatic carbocycles. The molecule has 0 amide bonds. The molecule has 1 fully saturated rings.